The number of nitrogens with one attached hydrogen (secondary N) is 1. The second-order valence-corrected chi connectivity index (χ2v) is 7.35. The van der Waals surface area contributed by atoms with Crippen LogP contribution in [0, 0.1) is 0 Å². The summed E-state index contributed by atoms with van der Waals surface area (Å²) < 4.78 is 5.16. The molecule has 1 aliphatic heterocycles. The monoisotopic (exact) mass is 400 g/mol. The van der Waals surface area contributed by atoms with Gasteiger partial charge in [0, 0.05) is 24.6 Å². The summed E-state index contributed by atoms with van der Waals surface area (Å²) in [6.07, 6.45) is 0. The van der Waals surface area contributed by atoms with Gasteiger partial charge in [0.05, 0.1) is 13.7 Å². The Labute approximate surface area is 176 Å². The molecule has 0 aromatic heterocycles. The molecule has 1 N–H and O–H groups in total. The van der Waals surface area contributed by atoms with E-state index in [1.54, 1.807) is 31.4 Å². The Morgan fingerprint density at radius 1 is 1.00 bits per heavy atom. The summed E-state index contributed by atoms with van der Waals surface area (Å²) in [6, 6.07) is 25.4. The number of hydrogen-bond donors (Lipinski definition) is 1. The van der Waals surface area contributed by atoms with E-state index in [0.29, 0.717) is 24.4 Å². The van der Waals surface area contributed by atoms with Crippen LogP contribution < -0.4 is 10.1 Å². The van der Waals surface area contributed by atoms with Gasteiger partial charge in [-0.25, -0.2) is 0 Å². The maximum atomic E-state index is 12.9. The van der Waals surface area contributed by atoms with Crippen LogP contribution in [0.2, 0.25) is 0 Å². The molecule has 5 heteroatoms. The molecule has 5 nitrogen and oxygen atoms in total. The fraction of sp³-hybridized carbons (Fsp3) is 0.200. The molecule has 1 unspecified atom stereocenters. The summed E-state index contributed by atoms with van der Waals surface area (Å²) in [4.78, 5) is 27.2. The van der Waals surface area contributed by atoms with E-state index in [9.17, 15) is 9.59 Å². The van der Waals surface area contributed by atoms with Crippen molar-refractivity contribution in [2.75, 3.05) is 20.2 Å². The molecule has 1 atom stereocenters. The summed E-state index contributed by atoms with van der Waals surface area (Å²) in [5.41, 5.74) is 4.05. The van der Waals surface area contributed by atoms with Crippen molar-refractivity contribution in [1.29, 1.82) is 0 Å². The minimum atomic E-state index is -0.292. The predicted molar refractivity (Wildman–Crippen MR) is 115 cm³/mol. The predicted octanol–water partition coefficient (Wildman–Crippen LogP) is 3.60. The molecule has 0 fully saturated rings. The Morgan fingerprint density at radius 3 is 2.57 bits per heavy atom. The number of nitrogens with zero attached hydrogens (tertiary/aromatic N) is 1. The van der Waals surface area contributed by atoms with E-state index < -0.39 is 0 Å². The van der Waals surface area contributed by atoms with E-state index in [4.69, 9.17) is 4.74 Å². The Kier molecular flexibility index (Phi) is 5.80. The molecule has 0 bridgehead atoms. The lowest BCUT2D eigenvalue weighted by Crippen LogP contribution is -2.44. The number of methoxy groups -OCH3 is 1. The fourth-order valence-corrected chi connectivity index (χ4v) is 3.90. The Balaban J connectivity index is 1.47. The van der Waals surface area contributed by atoms with E-state index in [1.807, 2.05) is 35.2 Å². The highest BCUT2D eigenvalue weighted by atomic mass is 16.5. The summed E-state index contributed by atoms with van der Waals surface area (Å²) in [5, 5.41) is 2.74. The average molecular weight is 400 g/mol. The molecule has 30 heavy (non-hydrogen) atoms. The second kappa shape index (κ2) is 8.82. The van der Waals surface area contributed by atoms with Crippen LogP contribution in [0.4, 0.5) is 0 Å². The van der Waals surface area contributed by atoms with Crippen molar-refractivity contribution >= 4 is 11.8 Å². The van der Waals surface area contributed by atoms with Crippen LogP contribution in [-0.4, -0.2) is 36.9 Å². The van der Waals surface area contributed by atoms with Gasteiger partial charge in [0.15, 0.2) is 0 Å². The molecule has 0 aliphatic carbocycles. The highest BCUT2D eigenvalue weighted by molar-refractivity contribution is 5.96. The lowest BCUT2D eigenvalue weighted by atomic mass is 9.84. The van der Waals surface area contributed by atoms with Crippen molar-refractivity contribution in [2.45, 2.75) is 12.5 Å². The summed E-state index contributed by atoms with van der Waals surface area (Å²) in [7, 11) is 1.55. The molecule has 1 heterocycles. The Bertz CT molecular complexity index is 1050. The van der Waals surface area contributed by atoms with E-state index >= 15 is 0 Å². The number of ether oxygens (including phenoxy) is 1. The molecule has 3 aromatic carbocycles. The van der Waals surface area contributed by atoms with Crippen molar-refractivity contribution in [3.63, 3.8) is 0 Å². The van der Waals surface area contributed by atoms with Crippen molar-refractivity contribution in [2.24, 2.45) is 0 Å². The molecule has 3 aromatic rings. The Morgan fingerprint density at radius 2 is 1.77 bits per heavy atom. The molecule has 0 saturated heterocycles. The van der Waals surface area contributed by atoms with Gasteiger partial charge in [-0.1, -0.05) is 60.7 Å². The zero-order chi connectivity index (χ0) is 20.9. The molecule has 1 aliphatic rings. The number of fused-ring (bicyclic) bond motifs is 1. The third-order valence-electron chi connectivity index (χ3n) is 5.48. The van der Waals surface area contributed by atoms with Crippen LogP contribution in [0.5, 0.6) is 5.75 Å². The van der Waals surface area contributed by atoms with E-state index in [-0.39, 0.29) is 24.3 Å². The number of rotatable bonds is 5. The SMILES string of the molecule is COc1cccc(C(=O)NCC(=O)N2Cc3ccccc3C(c3ccccc3)C2)c1. The lowest BCUT2D eigenvalue weighted by Gasteiger charge is -2.35. The minimum Gasteiger partial charge on any atom is -0.497 e. The largest absolute Gasteiger partial charge is 0.497 e. The highest BCUT2D eigenvalue weighted by Gasteiger charge is 2.29. The van der Waals surface area contributed by atoms with Crippen LogP contribution in [0.1, 0.15) is 33.0 Å². The van der Waals surface area contributed by atoms with Gasteiger partial charge in [-0.05, 0) is 34.9 Å². The summed E-state index contributed by atoms with van der Waals surface area (Å²) >= 11 is 0. The zero-order valence-corrected chi connectivity index (χ0v) is 16.9. The third kappa shape index (κ3) is 4.20. The van der Waals surface area contributed by atoms with Crippen LogP contribution >= 0.6 is 0 Å². The zero-order valence-electron chi connectivity index (χ0n) is 16.9. The maximum absolute atomic E-state index is 12.9. The van der Waals surface area contributed by atoms with E-state index in [2.05, 4.69) is 29.6 Å². The standard InChI is InChI=1S/C25H24N2O3/c1-30-21-12-7-11-19(14-21)25(29)26-15-24(28)27-16-20-10-5-6-13-22(20)23(17-27)18-8-3-2-4-9-18/h2-14,23H,15-17H2,1H3,(H,26,29). The molecule has 2 amide bonds. The number of carbonyl (C=O) groups is 2. The van der Waals surface area contributed by atoms with Gasteiger partial charge in [0.25, 0.3) is 5.91 Å². The first-order chi connectivity index (χ1) is 14.7. The van der Waals surface area contributed by atoms with Gasteiger partial charge >= 0.3 is 0 Å². The summed E-state index contributed by atoms with van der Waals surface area (Å²) in [6.45, 7) is 1.10. The van der Waals surface area contributed by atoms with E-state index in [0.717, 1.165) is 5.56 Å². The van der Waals surface area contributed by atoms with Gasteiger partial charge in [0.2, 0.25) is 5.91 Å². The number of amides is 2. The molecule has 0 saturated carbocycles. The minimum absolute atomic E-state index is 0.0419. The molecule has 0 radical (unpaired) electrons. The molecular formula is C25H24N2O3. The van der Waals surface area contributed by atoms with Crippen molar-refractivity contribution < 1.29 is 14.3 Å². The van der Waals surface area contributed by atoms with Gasteiger partial charge in [0.1, 0.15) is 5.75 Å². The van der Waals surface area contributed by atoms with E-state index in [1.165, 1.54) is 11.1 Å². The van der Waals surface area contributed by atoms with Crippen molar-refractivity contribution in [3.05, 3.63) is 101 Å². The van der Waals surface area contributed by atoms with Crippen molar-refractivity contribution in [1.82, 2.24) is 10.2 Å². The van der Waals surface area contributed by atoms with Crippen molar-refractivity contribution in [3.8, 4) is 5.75 Å². The maximum Gasteiger partial charge on any atom is 0.251 e. The van der Waals surface area contributed by atoms with Gasteiger partial charge in [-0.3, -0.25) is 9.59 Å². The third-order valence-corrected chi connectivity index (χ3v) is 5.48. The fourth-order valence-electron chi connectivity index (χ4n) is 3.90. The van der Waals surface area contributed by atoms with Gasteiger partial charge in [-0.2, -0.15) is 0 Å². The second-order valence-electron chi connectivity index (χ2n) is 7.35. The molecule has 0 spiro atoms. The average Bonchev–Trinajstić information content (AvgIpc) is 2.82. The quantitative estimate of drug-likeness (QED) is 0.712. The smallest absolute Gasteiger partial charge is 0.251 e. The number of hydrogen-bond acceptors (Lipinski definition) is 3. The first-order valence-electron chi connectivity index (χ1n) is 9.98. The normalized spacial score (nSPS) is 15.2. The number of benzene rings is 3. The van der Waals surface area contributed by atoms with Crippen LogP contribution in [0.3, 0.4) is 0 Å². The molecule has 152 valence electrons. The topological polar surface area (TPSA) is 58.6 Å². The number of carbonyl (C=O) groups excluding carboxylic acids is 2. The molecule has 4 rings (SSSR count). The lowest BCUT2D eigenvalue weighted by molar-refractivity contribution is -0.131. The van der Waals surface area contributed by atoms with Crippen LogP contribution in [0.15, 0.2) is 78.9 Å². The van der Waals surface area contributed by atoms with Crippen LogP contribution in [0.25, 0.3) is 0 Å². The summed E-state index contributed by atoms with van der Waals surface area (Å²) in [5.74, 6) is 0.336. The van der Waals surface area contributed by atoms with Crippen LogP contribution in [-0.2, 0) is 11.3 Å². The highest BCUT2D eigenvalue weighted by Crippen LogP contribution is 2.33. The van der Waals surface area contributed by atoms with Gasteiger partial charge in [-0.15, -0.1) is 0 Å². The first kappa shape index (κ1) is 19.7. The van der Waals surface area contributed by atoms with Gasteiger partial charge < -0.3 is 15.0 Å². The Hall–Kier alpha value is -3.60. The first-order valence-corrected chi connectivity index (χ1v) is 9.98. The molecular weight excluding hydrogens is 376 g/mol.